The molecule has 0 unspecified atom stereocenters. The highest BCUT2D eigenvalue weighted by Gasteiger charge is 2.24. The average Bonchev–Trinajstić information content (AvgIpc) is 2.99. The lowest BCUT2D eigenvalue weighted by Gasteiger charge is -2.09. The summed E-state index contributed by atoms with van der Waals surface area (Å²) >= 11 is 0. The Morgan fingerprint density at radius 3 is 2.71 bits per heavy atom. The standard InChI is InChI=1S/C22H16N6O3/c1-13-24-18-12-23-10-9-19(18)27(13)15-7-5-14(6-8-15)17-11-21(29)25-16-3-2-4-20(28(30)31)22(16)26-17/h2-10,12H,11H2,1H3,(H,25,29). The van der Waals surface area contributed by atoms with Crippen LogP contribution in [0.15, 0.2) is 65.9 Å². The maximum atomic E-state index is 12.4. The molecule has 9 nitrogen and oxygen atoms in total. The monoisotopic (exact) mass is 412 g/mol. The molecule has 0 bridgehead atoms. The Balaban J connectivity index is 1.59. The zero-order chi connectivity index (χ0) is 21.5. The van der Waals surface area contributed by atoms with Gasteiger partial charge in [-0.25, -0.2) is 9.98 Å². The maximum Gasteiger partial charge on any atom is 0.296 e. The van der Waals surface area contributed by atoms with Crippen LogP contribution in [0, 0.1) is 17.0 Å². The van der Waals surface area contributed by atoms with Gasteiger partial charge in [-0.3, -0.25) is 24.5 Å². The molecule has 1 amide bonds. The first kappa shape index (κ1) is 18.6. The predicted molar refractivity (Wildman–Crippen MR) is 116 cm³/mol. The van der Waals surface area contributed by atoms with Gasteiger partial charge in [0.25, 0.3) is 5.69 Å². The number of nitro groups is 1. The van der Waals surface area contributed by atoms with Crippen LogP contribution in [0.4, 0.5) is 17.1 Å². The van der Waals surface area contributed by atoms with Gasteiger partial charge in [-0.1, -0.05) is 18.2 Å². The molecular formula is C22H16N6O3. The van der Waals surface area contributed by atoms with E-state index < -0.39 is 4.92 Å². The molecule has 2 aromatic carbocycles. The van der Waals surface area contributed by atoms with Crippen LogP contribution in [0.1, 0.15) is 17.8 Å². The fourth-order valence-corrected chi connectivity index (χ4v) is 3.77. The number of aromatic nitrogens is 3. The van der Waals surface area contributed by atoms with Crippen molar-refractivity contribution in [2.75, 3.05) is 5.32 Å². The van der Waals surface area contributed by atoms with E-state index in [2.05, 4.69) is 20.3 Å². The third-order valence-corrected chi connectivity index (χ3v) is 5.14. The summed E-state index contributed by atoms with van der Waals surface area (Å²) in [4.78, 5) is 36.5. The molecule has 9 heteroatoms. The van der Waals surface area contributed by atoms with Crippen molar-refractivity contribution in [1.29, 1.82) is 0 Å². The number of benzene rings is 2. The number of aryl methyl sites for hydroxylation is 1. The molecule has 0 aliphatic carbocycles. The van der Waals surface area contributed by atoms with Crippen molar-refractivity contribution < 1.29 is 9.72 Å². The van der Waals surface area contributed by atoms with Crippen molar-refractivity contribution in [2.24, 2.45) is 4.99 Å². The van der Waals surface area contributed by atoms with Crippen LogP contribution in [0.5, 0.6) is 0 Å². The van der Waals surface area contributed by atoms with Crippen molar-refractivity contribution in [3.63, 3.8) is 0 Å². The van der Waals surface area contributed by atoms with Crippen molar-refractivity contribution in [3.8, 4) is 5.69 Å². The summed E-state index contributed by atoms with van der Waals surface area (Å²) in [7, 11) is 0. The number of nitrogens with one attached hydrogen (secondary N) is 1. The number of para-hydroxylation sites is 1. The molecule has 2 aromatic heterocycles. The van der Waals surface area contributed by atoms with Crippen molar-refractivity contribution in [1.82, 2.24) is 14.5 Å². The van der Waals surface area contributed by atoms with Crippen LogP contribution in [0.3, 0.4) is 0 Å². The smallest absolute Gasteiger partial charge is 0.296 e. The van der Waals surface area contributed by atoms with Gasteiger partial charge in [0.2, 0.25) is 5.91 Å². The first-order chi connectivity index (χ1) is 15.0. The number of pyridine rings is 1. The summed E-state index contributed by atoms with van der Waals surface area (Å²) in [5.41, 5.74) is 4.17. The van der Waals surface area contributed by atoms with E-state index in [1.54, 1.807) is 18.5 Å². The Morgan fingerprint density at radius 2 is 1.94 bits per heavy atom. The molecule has 1 aliphatic rings. The molecule has 3 heterocycles. The first-order valence-corrected chi connectivity index (χ1v) is 9.56. The second-order valence-electron chi connectivity index (χ2n) is 7.12. The molecule has 0 spiro atoms. The molecule has 1 aliphatic heterocycles. The minimum absolute atomic E-state index is 0.0177. The van der Waals surface area contributed by atoms with Gasteiger partial charge in [0.05, 0.1) is 34.5 Å². The third kappa shape index (κ3) is 3.21. The lowest BCUT2D eigenvalue weighted by Crippen LogP contribution is -2.15. The second kappa shape index (κ2) is 7.13. The van der Waals surface area contributed by atoms with E-state index in [9.17, 15) is 14.9 Å². The fraction of sp³-hybridized carbons (Fsp3) is 0.0909. The minimum Gasteiger partial charge on any atom is -0.324 e. The number of hydrogen-bond acceptors (Lipinski definition) is 6. The molecule has 31 heavy (non-hydrogen) atoms. The molecule has 0 saturated carbocycles. The topological polar surface area (TPSA) is 115 Å². The Morgan fingerprint density at radius 1 is 1.13 bits per heavy atom. The van der Waals surface area contributed by atoms with E-state index in [0.29, 0.717) is 17.0 Å². The molecule has 1 N–H and O–H groups in total. The second-order valence-corrected chi connectivity index (χ2v) is 7.12. The highest BCUT2D eigenvalue weighted by atomic mass is 16.6. The van der Waals surface area contributed by atoms with E-state index >= 15 is 0 Å². The largest absolute Gasteiger partial charge is 0.324 e. The van der Waals surface area contributed by atoms with Crippen LogP contribution in [-0.2, 0) is 4.79 Å². The predicted octanol–water partition coefficient (Wildman–Crippen LogP) is 4.10. The minimum atomic E-state index is -0.498. The Labute approximate surface area is 176 Å². The van der Waals surface area contributed by atoms with Crippen LogP contribution in [0.25, 0.3) is 16.7 Å². The number of nitro benzene ring substituents is 1. The zero-order valence-electron chi connectivity index (χ0n) is 16.4. The summed E-state index contributed by atoms with van der Waals surface area (Å²) in [6, 6.07) is 13.9. The van der Waals surface area contributed by atoms with Gasteiger partial charge in [-0.05, 0) is 36.8 Å². The molecule has 0 radical (unpaired) electrons. The molecule has 152 valence electrons. The molecule has 0 fully saturated rings. The Hall–Kier alpha value is -4.40. The van der Waals surface area contributed by atoms with Crippen LogP contribution >= 0.6 is 0 Å². The van der Waals surface area contributed by atoms with Gasteiger partial charge in [-0.2, -0.15) is 0 Å². The summed E-state index contributed by atoms with van der Waals surface area (Å²) in [6.45, 7) is 1.92. The van der Waals surface area contributed by atoms with E-state index in [0.717, 1.165) is 22.5 Å². The molecule has 0 atom stereocenters. The number of carbonyl (C=O) groups is 1. The van der Waals surface area contributed by atoms with E-state index in [1.165, 1.54) is 12.1 Å². The van der Waals surface area contributed by atoms with E-state index in [1.807, 2.05) is 41.8 Å². The van der Waals surface area contributed by atoms with Crippen LogP contribution < -0.4 is 5.32 Å². The summed E-state index contributed by atoms with van der Waals surface area (Å²) in [5.74, 6) is 0.553. The lowest BCUT2D eigenvalue weighted by atomic mass is 10.1. The van der Waals surface area contributed by atoms with Gasteiger partial charge in [-0.15, -0.1) is 0 Å². The molecule has 5 rings (SSSR count). The zero-order valence-corrected chi connectivity index (χ0v) is 16.4. The van der Waals surface area contributed by atoms with Crippen LogP contribution in [0.2, 0.25) is 0 Å². The average molecular weight is 412 g/mol. The Bertz CT molecular complexity index is 1390. The van der Waals surface area contributed by atoms with Gasteiger partial charge in [0.15, 0.2) is 5.69 Å². The van der Waals surface area contributed by atoms with Gasteiger partial charge < -0.3 is 5.32 Å². The summed E-state index contributed by atoms with van der Waals surface area (Å²) in [5, 5.41) is 14.1. The highest BCUT2D eigenvalue weighted by Crippen LogP contribution is 2.37. The highest BCUT2D eigenvalue weighted by molar-refractivity contribution is 6.17. The lowest BCUT2D eigenvalue weighted by molar-refractivity contribution is -0.384. The molecule has 4 aromatic rings. The normalized spacial score (nSPS) is 13.3. The first-order valence-electron chi connectivity index (χ1n) is 9.56. The quantitative estimate of drug-likeness (QED) is 0.402. The number of nitrogens with zero attached hydrogens (tertiary/aromatic N) is 5. The van der Waals surface area contributed by atoms with Crippen molar-refractivity contribution >= 4 is 39.7 Å². The van der Waals surface area contributed by atoms with Crippen LogP contribution in [-0.4, -0.2) is 31.1 Å². The molecule has 0 saturated heterocycles. The number of anilines is 1. The fourth-order valence-electron chi connectivity index (χ4n) is 3.77. The van der Waals surface area contributed by atoms with E-state index in [4.69, 9.17) is 0 Å². The van der Waals surface area contributed by atoms with Gasteiger partial charge in [0.1, 0.15) is 11.3 Å². The van der Waals surface area contributed by atoms with Crippen molar-refractivity contribution in [3.05, 3.63) is 82.4 Å². The van der Waals surface area contributed by atoms with E-state index in [-0.39, 0.29) is 23.7 Å². The number of rotatable bonds is 3. The van der Waals surface area contributed by atoms with Gasteiger partial charge in [0, 0.05) is 18.0 Å². The number of aliphatic imine (C=N–C) groups is 1. The number of carbonyl (C=O) groups excluding carboxylic acids is 1. The number of fused-ring (bicyclic) bond motifs is 2. The number of imidazole rings is 1. The SMILES string of the molecule is Cc1nc2cnccc2n1-c1ccc(C2=Nc3c(cccc3[N+](=O)[O-])NC(=O)C2)cc1. The van der Waals surface area contributed by atoms with Gasteiger partial charge >= 0.3 is 0 Å². The maximum absolute atomic E-state index is 12.4. The van der Waals surface area contributed by atoms with Crippen molar-refractivity contribution in [2.45, 2.75) is 13.3 Å². The Kier molecular flexibility index (Phi) is 4.28. The number of amides is 1. The summed E-state index contributed by atoms with van der Waals surface area (Å²) < 4.78 is 2.02. The number of hydrogen-bond donors (Lipinski definition) is 1. The summed E-state index contributed by atoms with van der Waals surface area (Å²) in [6.07, 6.45) is 3.46. The molecular weight excluding hydrogens is 396 g/mol. The third-order valence-electron chi connectivity index (χ3n) is 5.14.